The Morgan fingerprint density at radius 2 is 2.21 bits per heavy atom. The van der Waals surface area contributed by atoms with Crippen molar-refractivity contribution in [3.05, 3.63) is 0 Å². The average molecular weight is 270 g/mol. The lowest BCUT2D eigenvalue weighted by Crippen LogP contribution is -2.56. The van der Waals surface area contributed by atoms with E-state index >= 15 is 0 Å². The largest absolute Gasteiger partial charge is 0.466 e. The van der Waals surface area contributed by atoms with Gasteiger partial charge in [0, 0.05) is 13.0 Å². The number of ether oxygens (including phenoxy) is 1. The minimum absolute atomic E-state index is 0.0806. The van der Waals surface area contributed by atoms with Crippen LogP contribution in [0, 0.1) is 5.92 Å². The summed E-state index contributed by atoms with van der Waals surface area (Å²) in [4.78, 5) is 23.2. The molecule has 5 nitrogen and oxygen atoms in total. The second-order valence-electron chi connectivity index (χ2n) is 5.52. The molecule has 19 heavy (non-hydrogen) atoms. The normalized spacial score (nSPS) is 26.8. The van der Waals surface area contributed by atoms with Crippen molar-refractivity contribution >= 4 is 11.9 Å². The quantitative estimate of drug-likeness (QED) is 0.564. The molecular weight excluding hydrogens is 244 g/mol. The standard InChI is InChI=1S/C14H26N2O3/c1-3-19-12(17)7-5-9-16-13(18)14(15)8-4-6-11(2)10-14/h11H,3-10,15H2,1-2H3,(H,16,18). The highest BCUT2D eigenvalue weighted by molar-refractivity contribution is 5.86. The van der Waals surface area contributed by atoms with Crippen LogP contribution in [-0.4, -0.2) is 30.6 Å². The molecule has 1 amide bonds. The van der Waals surface area contributed by atoms with Crippen LogP contribution < -0.4 is 11.1 Å². The van der Waals surface area contributed by atoms with Gasteiger partial charge in [-0.15, -0.1) is 0 Å². The van der Waals surface area contributed by atoms with E-state index in [1.165, 1.54) is 0 Å². The van der Waals surface area contributed by atoms with Crippen molar-refractivity contribution in [2.24, 2.45) is 11.7 Å². The van der Waals surface area contributed by atoms with E-state index in [-0.39, 0.29) is 11.9 Å². The van der Waals surface area contributed by atoms with E-state index in [1.807, 2.05) is 0 Å². The first-order valence-electron chi connectivity index (χ1n) is 7.20. The maximum absolute atomic E-state index is 12.1. The summed E-state index contributed by atoms with van der Waals surface area (Å²) in [6.45, 7) is 4.79. The Bertz CT molecular complexity index is 320. The van der Waals surface area contributed by atoms with Crippen molar-refractivity contribution in [2.75, 3.05) is 13.2 Å². The number of hydrogen-bond acceptors (Lipinski definition) is 4. The zero-order valence-electron chi connectivity index (χ0n) is 12.0. The molecule has 1 fully saturated rings. The molecule has 0 aromatic heterocycles. The number of hydrogen-bond donors (Lipinski definition) is 2. The van der Waals surface area contributed by atoms with Crippen LogP contribution in [0.15, 0.2) is 0 Å². The van der Waals surface area contributed by atoms with E-state index in [2.05, 4.69) is 12.2 Å². The second kappa shape index (κ2) is 7.48. The number of carbonyl (C=O) groups excluding carboxylic acids is 2. The van der Waals surface area contributed by atoms with Gasteiger partial charge in [0.2, 0.25) is 5.91 Å². The molecule has 2 unspecified atom stereocenters. The van der Waals surface area contributed by atoms with Crippen LogP contribution in [0.5, 0.6) is 0 Å². The summed E-state index contributed by atoms with van der Waals surface area (Å²) in [5.74, 6) is 0.206. The minimum Gasteiger partial charge on any atom is -0.466 e. The van der Waals surface area contributed by atoms with Crippen molar-refractivity contribution in [2.45, 2.75) is 57.9 Å². The number of rotatable bonds is 6. The summed E-state index contributed by atoms with van der Waals surface area (Å²) in [5, 5.41) is 2.84. The van der Waals surface area contributed by atoms with Gasteiger partial charge in [0.05, 0.1) is 12.1 Å². The molecule has 0 heterocycles. The summed E-state index contributed by atoms with van der Waals surface area (Å²) in [7, 11) is 0. The molecule has 0 aromatic carbocycles. The highest BCUT2D eigenvalue weighted by Gasteiger charge is 2.37. The lowest BCUT2D eigenvalue weighted by Gasteiger charge is -2.35. The minimum atomic E-state index is -0.721. The van der Waals surface area contributed by atoms with Gasteiger partial charge in [-0.05, 0) is 32.1 Å². The van der Waals surface area contributed by atoms with Gasteiger partial charge >= 0.3 is 5.97 Å². The van der Waals surface area contributed by atoms with Crippen molar-refractivity contribution < 1.29 is 14.3 Å². The topological polar surface area (TPSA) is 81.4 Å². The Labute approximate surface area is 115 Å². The fourth-order valence-electron chi connectivity index (χ4n) is 2.64. The van der Waals surface area contributed by atoms with Crippen molar-refractivity contribution in [3.63, 3.8) is 0 Å². The summed E-state index contributed by atoms with van der Waals surface area (Å²) in [6, 6.07) is 0. The van der Waals surface area contributed by atoms with Gasteiger partial charge in [-0.25, -0.2) is 0 Å². The molecule has 1 aliphatic carbocycles. The highest BCUT2D eigenvalue weighted by Crippen LogP contribution is 2.30. The molecular formula is C14H26N2O3. The lowest BCUT2D eigenvalue weighted by molar-refractivity contribution is -0.143. The molecule has 0 bridgehead atoms. The number of nitrogens with one attached hydrogen (secondary N) is 1. The van der Waals surface area contributed by atoms with Crippen LogP contribution in [0.1, 0.15) is 52.4 Å². The van der Waals surface area contributed by atoms with Gasteiger partial charge in [0.15, 0.2) is 0 Å². The maximum atomic E-state index is 12.1. The smallest absolute Gasteiger partial charge is 0.305 e. The second-order valence-corrected chi connectivity index (χ2v) is 5.52. The Morgan fingerprint density at radius 3 is 2.84 bits per heavy atom. The summed E-state index contributed by atoms with van der Waals surface area (Å²) in [5.41, 5.74) is 5.46. The molecule has 5 heteroatoms. The summed E-state index contributed by atoms with van der Waals surface area (Å²) < 4.78 is 4.82. The molecule has 0 radical (unpaired) electrons. The predicted molar refractivity (Wildman–Crippen MR) is 73.4 cm³/mol. The Hall–Kier alpha value is -1.10. The van der Waals surface area contributed by atoms with Crippen LogP contribution >= 0.6 is 0 Å². The van der Waals surface area contributed by atoms with Crippen LogP contribution in [0.4, 0.5) is 0 Å². The van der Waals surface area contributed by atoms with Gasteiger partial charge in [0.1, 0.15) is 0 Å². The Kier molecular flexibility index (Phi) is 6.28. The van der Waals surface area contributed by atoms with E-state index in [0.29, 0.717) is 31.9 Å². The third-order valence-electron chi connectivity index (χ3n) is 3.63. The van der Waals surface area contributed by atoms with Gasteiger partial charge in [0.25, 0.3) is 0 Å². The summed E-state index contributed by atoms with van der Waals surface area (Å²) in [6.07, 6.45) is 4.58. The molecule has 0 spiro atoms. The molecule has 1 aliphatic rings. The zero-order valence-corrected chi connectivity index (χ0v) is 12.0. The molecule has 110 valence electrons. The fourth-order valence-corrected chi connectivity index (χ4v) is 2.64. The average Bonchev–Trinajstić information content (AvgIpc) is 2.34. The molecule has 0 saturated heterocycles. The van der Waals surface area contributed by atoms with E-state index in [4.69, 9.17) is 10.5 Å². The third-order valence-corrected chi connectivity index (χ3v) is 3.63. The molecule has 0 aliphatic heterocycles. The Balaban J connectivity index is 2.25. The number of esters is 1. The maximum Gasteiger partial charge on any atom is 0.305 e. The predicted octanol–water partition coefficient (Wildman–Crippen LogP) is 1.35. The summed E-state index contributed by atoms with van der Waals surface area (Å²) >= 11 is 0. The SMILES string of the molecule is CCOC(=O)CCCNC(=O)C1(N)CCCC(C)C1. The first-order valence-corrected chi connectivity index (χ1v) is 7.20. The van der Waals surface area contributed by atoms with E-state index in [0.717, 1.165) is 25.7 Å². The molecule has 3 N–H and O–H groups in total. The molecule has 1 rings (SSSR count). The third kappa shape index (κ3) is 5.19. The van der Waals surface area contributed by atoms with E-state index in [1.54, 1.807) is 6.92 Å². The van der Waals surface area contributed by atoms with Crippen molar-refractivity contribution in [1.29, 1.82) is 0 Å². The number of carbonyl (C=O) groups is 2. The number of amides is 1. The van der Waals surface area contributed by atoms with Crippen molar-refractivity contribution in [3.8, 4) is 0 Å². The van der Waals surface area contributed by atoms with Crippen molar-refractivity contribution in [1.82, 2.24) is 5.32 Å². The van der Waals surface area contributed by atoms with Gasteiger partial charge in [-0.1, -0.05) is 19.8 Å². The number of nitrogens with two attached hydrogens (primary N) is 1. The zero-order chi connectivity index (χ0) is 14.3. The van der Waals surface area contributed by atoms with Crippen LogP contribution in [0.25, 0.3) is 0 Å². The fraction of sp³-hybridized carbons (Fsp3) is 0.857. The van der Waals surface area contributed by atoms with Crippen LogP contribution in [-0.2, 0) is 14.3 Å². The molecule has 0 aromatic rings. The molecule has 1 saturated carbocycles. The van der Waals surface area contributed by atoms with Crippen LogP contribution in [0.3, 0.4) is 0 Å². The van der Waals surface area contributed by atoms with E-state index in [9.17, 15) is 9.59 Å². The Morgan fingerprint density at radius 1 is 1.47 bits per heavy atom. The van der Waals surface area contributed by atoms with Crippen LogP contribution in [0.2, 0.25) is 0 Å². The van der Waals surface area contributed by atoms with Gasteiger partial charge in [-0.2, -0.15) is 0 Å². The molecule has 2 atom stereocenters. The van der Waals surface area contributed by atoms with E-state index < -0.39 is 5.54 Å². The van der Waals surface area contributed by atoms with Gasteiger partial charge < -0.3 is 15.8 Å². The van der Waals surface area contributed by atoms with Gasteiger partial charge in [-0.3, -0.25) is 9.59 Å². The monoisotopic (exact) mass is 270 g/mol. The highest BCUT2D eigenvalue weighted by atomic mass is 16.5. The lowest BCUT2D eigenvalue weighted by atomic mass is 9.76. The first kappa shape index (κ1) is 16.0. The first-order chi connectivity index (χ1) is 8.98.